The van der Waals surface area contributed by atoms with Gasteiger partial charge >= 0.3 is 5.97 Å². The predicted octanol–water partition coefficient (Wildman–Crippen LogP) is 3.85. The monoisotopic (exact) mass is 376 g/mol. The number of rotatable bonds is 3. The van der Waals surface area contributed by atoms with Crippen LogP contribution in [0.4, 0.5) is 0 Å². The number of oxime groups is 1. The van der Waals surface area contributed by atoms with Crippen LogP contribution in [0.25, 0.3) is 0 Å². The molecule has 6 heteroatoms. The first-order chi connectivity index (χ1) is 12.5. The minimum atomic E-state index is -0.549. The molecule has 2 heterocycles. The molecule has 1 saturated heterocycles. The molecule has 0 amide bonds. The second-order valence-electron chi connectivity index (χ2n) is 7.93. The van der Waals surface area contributed by atoms with Crippen molar-refractivity contribution in [3.8, 4) is 0 Å². The average molecular weight is 377 g/mol. The number of ether oxygens (including phenoxy) is 1. The molecule has 0 N–H and O–H groups in total. The van der Waals surface area contributed by atoms with Crippen molar-refractivity contribution in [1.29, 1.82) is 0 Å². The summed E-state index contributed by atoms with van der Waals surface area (Å²) in [6.45, 7) is 3.96. The van der Waals surface area contributed by atoms with Crippen LogP contribution >= 0.6 is 11.6 Å². The molecule has 2 fully saturated rings. The van der Waals surface area contributed by atoms with Crippen LogP contribution in [0.1, 0.15) is 44.6 Å². The van der Waals surface area contributed by atoms with E-state index in [0.29, 0.717) is 11.4 Å². The Morgan fingerprint density at radius 1 is 1.31 bits per heavy atom. The van der Waals surface area contributed by atoms with Crippen molar-refractivity contribution in [2.24, 2.45) is 16.5 Å². The SMILES string of the molecule is COC(=O)C1(C)CCC2C(c3ccc(Cl)cc3)=NOC2(N2CCCC2)C1. The molecule has 0 radical (unpaired) electrons. The van der Waals surface area contributed by atoms with Crippen LogP contribution in [0.3, 0.4) is 0 Å². The minimum absolute atomic E-state index is 0.152. The highest BCUT2D eigenvalue weighted by Crippen LogP contribution is 2.53. The van der Waals surface area contributed by atoms with Crippen molar-refractivity contribution in [2.75, 3.05) is 20.2 Å². The van der Waals surface area contributed by atoms with Gasteiger partial charge in [-0.15, -0.1) is 0 Å². The maximum Gasteiger partial charge on any atom is 0.311 e. The maximum absolute atomic E-state index is 12.5. The van der Waals surface area contributed by atoms with Gasteiger partial charge in [0.15, 0.2) is 0 Å². The van der Waals surface area contributed by atoms with Crippen molar-refractivity contribution in [2.45, 2.75) is 44.8 Å². The highest BCUT2D eigenvalue weighted by Gasteiger charge is 2.61. The average Bonchev–Trinajstić information content (AvgIpc) is 3.30. The van der Waals surface area contributed by atoms with Gasteiger partial charge in [0.05, 0.1) is 24.2 Å². The smallest absolute Gasteiger partial charge is 0.311 e. The summed E-state index contributed by atoms with van der Waals surface area (Å²) in [6, 6.07) is 7.77. The Labute approximate surface area is 159 Å². The summed E-state index contributed by atoms with van der Waals surface area (Å²) in [5.74, 6) is -0.00225. The normalized spacial score (nSPS) is 34.1. The number of fused-ring (bicyclic) bond motifs is 1. The van der Waals surface area contributed by atoms with Crippen LogP contribution < -0.4 is 0 Å². The lowest BCUT2D eigenvalue weighted by molar-refractivity contribution is -0.201. The molecule has 1 saturated carbocycles. The van der Waals surface area contributed by atoms with Gasteiger partial charge in [0, 0.05) is 24.5 Å². The lowest BCUT2D eigenvalue weighted by atomic mass is 9.65. The van der Waals surface area contributed by atoms with Crippen molar-refractivity contribution >= 4 is 23.3 Å². The number of esters is 1. The van der Waals surface area contributed by atoms with Gasteiger partial charge in [-0.1, -0.05) is 28.9 Å². The third-order valence-corrected chi connectivity index (χ3v) is 6.52. The molecule has 140 valence electrons. The van der Waals surface area contributed by atoms with E-state index in [1.165, 1.54) is 7.11 Å². The Kier molecular flexibility index (Phi) is 4.48. The molecule has 0 bridgehead atoms. The van der Waals surface area contributed by atoms with Gasteiger partial charge in [-0.25, -0.2) is 0 Å². The predicted molar refractivity (Wildman–Crippen MR) is 100 cm³/mol. The summed E-state index contributed by atoms with van der Waals surface area (Å²) >= 11 is 6.04. The van der Waals surface area contributed by atoms with Crippen molar-refractivity contribution in [3.63, 3.8) is 0 Å². The first kappa shape index (κ1) is 17.8. The van der Waals surface area contributed by atoms with Crippen LogP contribution in [-0.4, -0.2) is 42.5 Å². The standard InChI is InChI=1S/C20H25ClN2O3/c1-19(18(24)25-2)10-9-16-17(14-5-7-15(21)8-6-14)22-26-20(16,13-19)23-11-3-4-12-23/h5-8,16H,3-4,9-13H2,1-2H3. The number of hydrogen-bond acceptors (Lipinski definition) is 5. The molecule has 5 nitrogen and oxygen atoms in total. The van der Waals surface area contributed by atoms with Gasteiger partial charge in [0.1, 0.15) is 0 Å². The van der Waals surface area contributed by atoms with E-state index in [1.807, 2.05) is 31.2 Å². The molecular formula is C20H25ClN2O3. The Balaban J connectivity index is 1.69. The lowest BCUT2D eigenvalue weighted by Gasteiger charge is -2.48. The number of halogens is 1. The second kappa shape index (κ2) is 6.54. The van der Waals surface area contributed by atoms with Gasteiger partial charge in [-0.05, 0) is 50.3 Å². The Bertz CT molecular complexity index is 729. The third-order valence-electron chi connectivity index (χ3n) is 6.26. The minimum Gasteiger partial charge on any atom is -0.469 e. The van der Waals surface area contributed by atoms with E-state index in [1.54, 1.807) is 0 Å². The van der Waals surface area contributed by atoms with Gasteiger partial charge in [-0.2, -0.15) is 0 Å². The summed E-state index contributed by atoms with van der Waals surface area (Å²) in [4.78, 5) is 21.1. The zero-order valence-corrected chi connectivity index (χ0v) is 16.1. The van der Waals surface area contributed by atoms with Crippen LogP contribution in [0.5, 0.6) is 0 Å². The van der Waals surface area contributed by atoms with Crippen molar-refractivity contribution in [1.82, 2.24) is 4.90 Å². The van der Waals surface area contributed by atoms with Crippen LogP contribution in [-0.2, 0) is 14.4 Å². The molecule has 2 aliphatic heterocycles. The van der Waals surface area contributed by atoms with E-state index in [0.717, 1.165) is 50.0 Å². The molecule has 3 atom stereocenters. The molecular weight excluding hydrogens is 352 g/mol. The summed E-state index contributed by atoms with van der Waals surface area (Å²) in [7, 11) is 1.47. The first-order valence-electron chi connectivity index (χ1n) is 9.34. The summed E-state index contributed by atoms with van der Waals surface area (Å²) in [6.07, 6.45) is 4.55. The fourth-order valence-electron chi connectivity index (χ4n) is 4.88. The quantitative estimate of drug-likeness (QED) is 0.752. The summed E-state index contributed by atoms with van der Waals surface area (Å²) in [5, 5.41) is 5.24. The lowest BCUT2D eigenvalue weighted by Crippen LogP contribution is -2.59. The van der Waals surface area contributed by atoms with E-state index < -0.39 is 11.1 Å². The fraction of sp³-hybridized carbons (Fsp3) is 0.600. The molecule has 1 aromatic carbocycles. The molecule has 0 spiro atoms. The van der Waals surface area contributed by atoms with E-state index in [9.17, 15) is 4.79 Å². The molecule has 1 aliphatic carbocycles. The summed E-state index contributed by atoms with van der Waals surface area (Å²) in [5.41, 5.74) is 0.925. The van der Waals surface area contributed by atoms with E-state index in [4.69, 9.17) is 21.2 Å². The molecule has 3 aliphatic rings. The molecule has 0 aromatic heterocycles. The molecule has 3 unspecified atom stereocenters. The van der Waals surface area contributed by atoms with E-state index in [2.05, 4.69) is 10.1 Å². The zero-order chi connectivity index (χ0) is 18.4. The number of methoxy groups -OCH3 is 1. The van der Waals surface area contributed by atoms with Gasteiger partial charge in [0.2, 0.25) is 5.72 Å². The van der Waals surface area contributed by atoms with E-state index in [-0.39, 0.29) is 11.9 Å². The molecule has 4 rings (SSSR count). The summed E-state index contributed by atoms with van der Waals surface area (Å²) < 4.78 is 5.11. The second-order valence-corrected chi connectivity index (χ2v) is 8.37. The van der Waals surface area contributed by atoms with Gasteiger partial charge < -0.3 is 9.57 Å². The largest absolute Gasteiger partial charge is 0.469 e. The van der Waals surface area contributed by atoms with Crippen molar-refractivity contribution < 1.29 is 14.4 Å². The van der Waals surface area contributed by atoms with E-state index >= 15 is 0 Å². The number of nitrogens with zero attached hydrogens (tertiary/aromatic N) is 2. The van der Waals surface area contributed by atoms with Crippen LogP contribution in [0.15, 0.2) is 29.4 Å². The number of hydrogen-bond donors (Lipinski definition) is 0. The van der Waals surface area contributed by atoms with Gasteiger partial charge in [0.25, 0.3) is 0 Å². The number of likely N-dealkylation sites (tertiary alicyclic amines) is 1. The molecule has 26 heavy (non-hydrogen) atoms. The Morgan fingerprint density at radius 3 is 2.65 bits per heavy atom. The van der Waals surface area contributed by atoms with Crippen LogP contribution in [0, 0.1) is 11.3 Å². The molecule has 1 aromatic rings. The Hall–Kier alpha value is -1.59. The fourth-order valence-corrected chi connectivity index (χ4v) is 5.00. The zero-order valence-electron chi connectivity index (χ0n) is 15.3. The first-order valence-corrected chi connectivity index (χ1v) is 9.72. The maximum atomic E-state index is 12.5. The van der Waals surface area contributed by atoms with Gasteiger partial charge in [-0.3, -0.25) is 9.69 Å². The number of carbonyl (C=O) groups is 1. The topological polar surface area (TPSA) is 51.1 Å². The third kappa shape index (κ3) is 2.72. The van der Waals surface area contributed by atoms with Crippen molar-refractivity contribution in [3.05, 3.63) is 34.9 Å². The Morgan fingerprint density at radius 2 is 2.00 bits per heavy atom. The highest BCUT2D eigenvalue weighted by atomic mass is 35.5. The number of benzene rings is 1. The highest BCUT2D eigenvalue weighted by molar-refractivity contribution is 6.30. The number of carbonyl (C=O) groups excluding carboxylic acids is 1. The van der Waals surface area contributed by atoms with Crippen LogP contribution in [0.2, 0.25) is 5.02 Å².